The molecule has 1 amide bonds. The van der Waals surface area contributed by atoms with Crippen LogP contribution in [-0.2, 0) is 17.8 Å². The summed E-state index contributed by atoms with van der Waals surface area (Å²) < 4.78 is 15.2. The second-order valence-corrected chi connectivity index (χ2v) is 8.98. The molecular weight excluding hydrogens is 423 g/mol. The minimum absolute atomic E-state index is 0.0263. The standard InChI is InChI=1S/C25H27FN4O3/c26-23-19-14-30(10-2-5-18(19)13-28-24(23)27-9-8-22(31)32)25(33)21-12-17-7-6-16(11-20(17)29-21)15-3-1-4-15/h6-7,11-13,15,29H,1-5,8-10,14H2,(H,27,28)(H,31,32). The van der Waals surface area contributed by atoms with Gasteiger partial charge in [0.15, 0.2) is 11.6 Å². The van der Waals surface area contributed by atoms with Crippen LogP contribution in [0.5, 0.6) is 0 Å². The Hall–Kier alpha value is -3.42. The fourth-order valence-corrected chi connectivity index (χ4v) is 4.69. The third-order valence-electron chi connectivity index (χ3n) is 6.81. The van der Waals surface area contributed by atoms with Gasteiger partial charge in [-0.3, -0.25) is 9.59 Å². The number of anilines is 1. The number of nitrogens with zero attached hydrogens (tertiary/aromatic N) is 2. The van der Waals surface area contributed by atoms with Gasteiger partial charge in [-0.15, -0.1) is 0 Å². The van der Waals surface area contributed by atoms with Crippen LogP contribution in [0.15, 0.2) is 30.5 Å². The first-order chi connectivity index (χ1) is 16.0. The molecule has 33 heavy (non-hydrogen) atoms. The van der Waals surface area contributed by atoms with E-state index in [1.165, 1.54) is 24.8 Å². The van der Waals surface area contributed by atoms with Crippen LogP contribution < -0.4 is 5.32 Å². The molecule has 0 spiro atoms. The van der Waals surface area contributed by atoms with Crippen LogP contribution in [0, 0.1) is 5.82 Å². The average molecular weight is 451 g/mol. The Kier molecular flexibility index (Phi) is 5.74. The van der Waals surface area contributed by atoms with E-state index in [9.17, 15) is 9.59 Å². The number of carboxylic acids is 1. The number of rotatable bonds is 6. The molecule has 0 saturated heterocycles. The van der Waals surface area contributed by atoms with Gasteiger partial charge in [0.1, 0.15) is 5.69 Å². The van der Waals surface area contributed by atoms with Crippen molar-refractivity contribution in [3.63, 3.8) is 0 Å². The summed E-state index contributed by atoms with van der Waals surface area (Å²) in [6.07, 6.45) is 6.56. The van der Waals surface area contributed by atoms with Crippen LogP contribution in [0.3, 0.4) is 0 Å². The van der Waals surface area contributed by atoms with Gasteiger partial charge in [0.2, 0.25) is 0 Å². The summed E-state index contributed by atoms with van der Waals surface area (Å²) in [5.74, 6) is -0.986. The molecule has 7 nitrogen and oxygen atoms in total. The molecule has 1 fully saturated rings. The van der Waals surface area contributed by atoms with Gasteiger partial charge in [-0.05, 0) is 54.9 Å². The molecule has 0 bridgehead atoms. The number of carboxylic acid groups (broad SMARTS) is 1. The van der Waals surface area contributed by atoms with Crippen molar-refractivity contribution in [1.82, 2.24) is 14.9 Å². The third kappa shape index (κ3) is 4.29. The number of hydrogen-bond donors (Lipinski definition) is 3. The van der Waals surface area contributed by atoms with E-state index in [-0.39, 0.29) is 31.2 Å². The van der Waals surface area contributed by atoms with Crippen LogP contribution in [0.25, 0.3) is 10.9 Å². The number of aromatic amines is 1. The molecule has 1 aliphatic carbocycles. The molecule has 1 saturated carbocycles. The van der Waals surface area contributed by atoms with Crippen molar-refractivity contribution in [2.24, 2.45) is 0 Å². The van der Waals surface area contributed by atoms with Crippen LogP contribution >= 0.6 is 0 Å². The van der Waals surface area contributed by atoms with Gasteiger partial charge in [0.25, 0.3) is 5.91 Å². The molecular formula is C25H27FN4O3. The topological polar surface area (TPSA) is 98.3 Å². The highest BCUT2D eigenvalue weighted by Crippen LogP contribution is 2.37. The number of carbonyl (C=O) groups excluding carboxylic acids is 1. The zero-order chi connectivity index (χ0) is 22.9. The first kappa shape index (κ1) is 21.4. The maximum absolute atomic E-state index is 15.2. The predicted octanol–water partition coefficient (Wildman–Crippen LogP) is 4.44. The number of carbonyl (C=O) groups is 2. The summed E-state index contributed by atoms with van der Waals surface area (Å²) in [6.45, 7) is 0.759. The molecule has 5 rings (SSSR count). The van der Waals surface area contributed by atoms with Gasteiger partial charge < -0.3 is 20.3 Å². The Bertz CT molecular complexity index is 1220. The lowest BCUT2D eigenvalue weighted by Crippen LogP contribution is -2.31. The number of fused-ring (bicyclic) bond motifs is 2. The van der Waals surface area contributed by atoms with E-state index in [0.717, 1.165) is 22.9 Å². The van der Waals surface area contributed by atoms with Crippen LogP contribution in [-0.4, -0.2) is 44.9 Å². The lowest BCUT2D eigenvalue weighted by Gasteiger charge is -2.25. The Morgan fingerprint density at radius 3 is 2.85 bits per heavy atom. The van der Waals surface area contributed by atoms with Crippen LogP contribution in [0.2, 0.25) is 0 Å². The van der Waals surface area contributed by atoms with E-state index in [0.29, 0.717) is 30.1 Å². The van der Waals surface area contributed by atoms with Gasteiger partial charge in [-0.1, -0.05) is 18.6 Å². The number of hydrogen-bond acceptors (Lipinski definition) is 4. The van der Waals surface area contributed by atoms with Gasteiger partial charge in [0.05, 0.1) is 6.42 Å². The number of pyridine rings is 1. The van der Waals surface area contributed by atoms with E-state index in [1.54, 1.807) is 11.1 Å². The zero-order valence-electron chi connectivity index (χ0n) is 18.4. The van der Waals surface area contributed by atoms with Gasteiger partial charge in [-0.2, -0.15) is 0 Å². The largest absolute Gasteiger partial charge is 0.481 e. The summed E-state index contributed by atoms with van der Waals surface area (Å²) in [6, 6.07) is 8.23. The summed E-state index contributed by atoms with van der Waals surface area (Å²) >= 11 is 0. The number of aryl methyl sites for hydroxylation is 1. The van der Waals surface area contributed by atoms with Gasteiger partial charge in [0, 0.05) is 42.3 Å². The van der Waals surface area contributed by atoms with Crippen molar-refractivity contribution >= 4 is 28.6 Å². The fraction of sp³-hybridized carbons (Fsp3) is 0.400. The molecule has 3 N–H and O–H groups in total. The number of benzene rings is 1. The van der Waals surface area contributed by atoms with Crippen molar-refractivity contribution in [3.8, 4) is 0 Å². The molecule has 2 aromatic heterocycles. The summed E-state index contributed by atoms with van der Waals surface area (Å²) in [4.78, 5) is 33.2. The van der Waals surface area contributed by atoms with E-state index in [2.05, 4.69) is 33.5 Å². The van der Waals surface area contributed by atoms with E-state index >= 15 is 4.39 Å². The lowest BCUT2D eigenvalue weighted by atomic mass is 9.80. The van der Waals surface area contributed by atoms with E-state index < -0.39 is 11.8 Å². The highest BCUT2D eigenvalue weighted by Gasteiger charge is 2.26. The number of amides is 1. The normalized spacial score (nSPS) is 16.2. The molecule has 1 aliphatic heterocycles. The number of nitrogens with one attached hydrogen (secondary N) is 2. The molecule has 3 heterocycles. The average Bonchev–Trinajstić information content (AvgIpc) is 3.05. The summed E-state index contributed by atoms with van der Waals surface area (Å²) in [5, 5.41) is 12.6. The number of aromatic nitrogens is 2. The van der Waals surface area contributed by atoms with Crippen molar-refractivity contribution in [2.75, 3.05) is 18.4 Å². The second kappa shape index (κ2) is 8.84. The molecule has 2 aliphatic rings. The molecule has 172 valence electrons. The highest BCUT2D eigenvalue weighted by molar-refractivity contribution is 5.98. The van der Waals surface area contributed by atoms with Crippen LogP contribution in [0.1, 0.15) is 65.2 Å². The second-order valence-electron chi connectivity index (χ2n) is 8.98. The SMILES string of the molecule is O=C(O)CCNc1ncc2c(c1F)CN(C(=O)c1cc3ccc(C4CCC4)cc3[nH]1)CCC2. The van der Waals surface area contributed by atoms with Crippen molar-refractivity contribution in [3.05, 3.63) is 58.7 Å². The van der Waals surface area contributed by atoms with Crippen molar-refractivity contribution in [1.29, 1.82) is 0 Å². The highest BCUT2D eigenvalue weighted by atomic mass is 19.1. The summed E-state index contributed by atoms with van der Waals surface area (Å²) in [5.41, 5.74) is 4.01. The molecule has 8 heteroatoms. The van der Waals surface area contributed by atoms with Crippen molar-refractivity contribution < 1.29 is 19.1 Å². The van der Waals surface area contributed by atoms with Crippen molar-refractivity contribution in [2.45, 2.75) is 51.0 Å². The van der Waals surface area contributed by atoms with Gasteiger partial charge >= 0.3 is 5.97 Å². The molecule has 1 aromatic carbocycles. The number of halogens is 1. The summed E-state index contributed by atoms with van der Waals surface area (Å²) in [7, 11) is 0. The zero-order valence-corrected chi connectivity index (χ0v) is 18.4. The molecule has 0 radical (unpaired) electrons. The number of aliphatic carboxylic acids is 1. The smallest absolute Gasteiger partial charge is 0.305 e. The van der Waals surface area contributed by atoms with E-state index in [1.807, 2.05) is 6.07 Å². The molecule has 3 aromatic rings. The minimum Gasteiger partial charge on any atom is -0.481 e. The predicted molar refractivity (Wildman–Crippen MR) is 123 cm³/mol. The molecule has 0 atom stereocenters. The van der Waals surface area contributed by atoms with Crippen LogP contribution in [0.4, 0.5) is 10.2 Å². The van der Waals surface area contributed by atoms with E-state index in [4.69, 9.17) is 5.11 Å². The quantitative estimate of drug-likeness (QED) is 0.516. The Balaban J connectivity index is 1.37. The third-order valence-corrected chi connectivity index (χ3v) is 6.81. The monoisotopic (exact) mass is 450 g/mol. The maximum atomic E-state index is 15.2. The minimum atomic E-state index is -0.965. The Morgan fingerprint density at radius 2 is 2.09 bits per heavy atom. The Morgan fingerprint density at radius 1 is 1.24 bits per heavy atom. The van der Waals surface area contributed by atoms with Gasteiger partial charge in [-0.25, -0.2) is 9.37 Å². The Labute approximate surface area is 191 Å². The first-order valence-corrected chi connectivity index (χ1v) is 11.5. The number of H-pyrrole nitrogens is 1. The maximum Gasteiger partial charge on any atom is 0.305 e. The lowest BCUT2D eigenvalue weighted by molar-refractivity contribution is -0.136. The fourth-order valence-electron chi connectivity index (χ4n) is 4.69. The molecule has 0 unspecified atom stereocenters. The first-order valence-electron chi connectivity index (χ1n) is 11.5.